The number of methoxy groups -OCH3 is 3. The quantitative estimate of drug-likeness (QED) is 0.571. The van der Waals surface area contributed by atoms with E-state index in [9.17, 15) is 9.59 Å². The van der Waals surface area contributed by atoms with Crippen LogP contribution in [0.5, 0.6) is 11.6 Å². The fraction of sp³-hybridized carbons (Fsp3) is 0.438. The molecule has 0 fully saturated rings. The topological polar surface area (TPSA) is 74.7 Å². The van der Waals surface area contributed by atoms with Crippen molar-refractivity contribution in [2.75, 3.05) is 21.3 Å². The van der Waals surface area contributed by atoms with Gasteiger partial charge in [-0.05, 0) is 12.5 Å². The average Bonchev–Trinajstić information content (AvgIpc) is 3.00. The van der Waals surface area contributed by atoms with Gasteiger partial charge in [0.05, 0.1) is 42.3 Å². The van der Waals surface area contributed by atoms with Crippen molar-refractivity contribution in [3.63, 3.8) is 0 Å². The van der Waals surface area contributed by atoms with Gasteiger partial charge in [-0.15, -0.1) is 11.3 Å². The van der Waals surface area contributed by atoms with Crippen LogP contribution in [0.3, 0.4) is 0 Å². The highest BCUT2D eigenvalue weighted by Crippen LogP contribution is 2.34. The minimum atomic E-state index is -0.422. The maximum atomic E-state index is 12.4. The Morgan fingerprint density at radius 2 is 1.96 bits per heavy atom. The van der Waals surface area contributed by atoms with Crippen molar-refractivity contribution in [1.29, 1.82) is 0 Å². The molecule has 6 nitrogen and oxygen atoms in total. The Morgan fingerprint density at radius 3 is 2.52 bits per heavy atom. The maximum Gasteiger partial charge on any atom is 0.309 e. The Kier molecular flexibility index (Phi) is 5.54. The van der Waals surface area contributed by atoms with E-state index in [1.807, 2.05) is 6.92 Å². The molecule has 0 aliphatic carbocycles. The van der Waals surface area contributed by atoms with Crippen molar-refractivity contribution in [2.45, 2.75) is 19.8 Å². The molecule has 2 aromatic rings. The second-order valence-corrected chi connectivity index (χ2v) is 6.03. The molecular formula is C16H19NO5S. The van der Waals surface area contributed by atoms with Gasteiger partial charge < -0.3 is 14.2 Å². The number of thiophene rings is 1. The number of fused-ring (bicyclic) bond motifs is 1. The van der Waals surface area contributed by atoms with Crippen LogP contribution >= 0.6 is 11.3 Å². The lowest BCUT2D eigenvalue weighted by Crippen LogP contribution is -2.18. The summed E-state index contributed by atoms with van der Waals surface area (Å²) in [5, 5.41) is 0. The molecule has 0 radical (unpaired) electrons. The van der Waals surface area contributed by atoms with Gasteiger partial charge in [0.2, 0.25) is 0 Å². The number of Topliss-reactive ketones (excluding diaryl/α,β-unsaturated/α-hetero) is 1. The predicted molar refractivity (Wildman–Crippen MR) is 87.5 cm³/mol. The van der Waals surface area contributed by atoms with Crippen LogP contribution in [0.4, 0.5) is 0 Å². The van der Waals surface area contributed by atoms with Gasteiger partial charge in [-0.1, -0.05) is 6.92 Å². The molecule has 0 unspecified atom stereocenters. The molecule has 0 aromatic carbocycles. The molecule has 0 aliphatic rings. The van der Waals surface area contributed by atoms with Crippen molar-refractivity contribution >= 4 is 33.3 Å². The first-order valence-electron chi connectivity index (χ1n) is 7.17. The number of ketones is 1. The molecule has 0 amide bonds. The van der Waals surface area contributed by atoms with Crippen molar-refractivity contribution in [3.05, 3.63) is 17.0 Å². The number of rotatable bonds is 7. The molecule has 0 N–H and O–H groups in total. The van der Waals surface area contributed by atoms with Crippen LogP contribution in [0.15, 0.2) is 12.1 Å². The Hall–Kier alpha value is -2.15. The first-order chi connectivity index (χ1) is 11.0. The van der Waals surface area contributed by atoms with Crippen LogP contribution in [0.1, 0.15) is 29.4 Å². The highest BCUT2D eigenvalue weighted by Gasteiger charge is 2.23. The van der Waals surface area contributed by atoms with Gasteiger partial charge >= 0.3 is 5.97 Å². The van der Waals surface area contributed by atoms with Gasteiger partial charge in [0.1, 0.15) is 0 Å². The third kappa shape index (κ3) is 3.61. The first kappa shape index (κ1) is 17.2. The van der Waals surface area contributed by atoms with Crippen LogP contribution in [0, 0.1) is 5.92 Å². The second-order valence-electron chi connectivity index (χ2n) is 4.95. The van der Waals surface area contributed by atoms with Crippen molar-refractivity contribution in [3.8, 4) is 11.6 Å². The third-order valence-electron chi connectivity index (χ3n) is 3.58. The van der Waals surface area contributed by atoms with Gasteiger partial charge in [-0.25, -0.2) is 4.98 Å². The van der Waals surface area contributed by atoms with Gasteiger partial charge in [0.15, 0.2) is 11.5 Å². The van der Waals surface area contributed by atoms with E-state index in [0.717, 1.165) is 4.70 Å². The Balaban J connectivity index is 2.29. The molecule has 23 heavy (non-hydrogen) atoms. The number of hydrogen-bond acceptors (Lipinski definition) is 7. The largest absolute Gasteiger partial charge is 0.491 e. The summed E-state index contributed by atoms with van der Waals surface area (Å²) < 4.78 is 15.9. The lowest BCUT2D eigenvalue weighted by molar-refractivity contribution is -0.145. The highest BCUT2D eigenvalue weighted by molar-refractivity contribution is 7.20. The summed E-state index contributed by atoms with van der Waals surface area (Å²) in [7, 11) is 4.38. The lowest BCUT2D eigenvalue weighted by atomic mass is 9.99. The molecule has 2 heterocycles. The summed E-state index contributed by atoms with van der Waals surface area (Å²) >= 11 is 1.33. The van der Waals surface area contributed by atoms with Gasteiger partial charge in [-0.3, -0.25) is 9.59 Å². The Bertz CT molecular complexity index is 684. The number of esters is 1. The molecule has 7 heteroatoms. The zero-order chi connectivity index (χ0) is 17.0. The highest BCUT2D eigenvalue weighted by atomic mass is 32.1. The standard InChI is InChI=1S/C16H19NO5S/c1-5-9(16(19)22-4)6-11(18)14-7-10-13(23-14)8-12(20-2)15(17-10)21-3/h7-9H,5-6H2,1-4H3/t9-/m0/s1. The SMILES string of the molecule is CC[C@@H](CC(=O)c1cc2nc(OC)c(OC)cc2s1)C(=O)OC. The monoisotopic (exact) mass is 337 g/mol. The van der Waals surface area contributed by atoms with Crippen LogP contribution in [0.25, 0.3) is 10.2 Å². The van der Waals surface area contributed by atoms with Crippen LogP contribution in [-0.2, 0) is 9.53 Å². The molecule has 2 rings (SSSR count). The summed E-state index contributed by atoms with van der Waals surface area (Å²) in [6.07, 6.45) is 0.688. The van der Waals surface area contributed by atoms with Gasteiger partial charge in [-0.2, -0.15) is 0 Å². The summed E-state index contributed by atoms with van der Waals surface area (Å²) in [5.74, 6) is 0.0148. The number of hydrogen-bond donors (Lipinski definition) is 0. The van der Waals surface area contributed by atoms with Crippen LogP contribution in [0.2, 0.25) is 0 Å². The molecule has 0 saturated heterocycles. The number of aromatic nitrogens is 1. The summed E-state index contributed by atoms with van der Waals surface area (Å²) in [5.41, 5.74) is 0.669. The van der Waals surface area contributed by atoms with Gasteiger partial charge in [0, 0.05) is 12.5 Å². The first-order valence-corrected chi connectivity index (χ1v) is 7.99. The summed E-state index contributed by atoms with van der Waals surface area (Å²) in [6.45, 7) is 1.86. The maximum absolute atomic E-state index is 12.4. The molecule has 0 saturated carbocycles. The van der Waals surface area contributed by atoms with Crippen LogP contribution < -0.4 is 9.47 Å². The van der Waals surface area contributed by atoms with E-state index >= 15 is 0 Å². The number of carbonyl (C=O) groups is 2. The number of ether oxygens (including phenoxy) is 3. The summed E-state index contributed by atoms with van der Waals surface area (Å²) in [4.78, 5) is 29.0. The lowest BCUT2D eigenvalue weighted by Gasteiger charge is -2.10. The molecule has 124 valence electrons. The molecule has 0 aliphatic heterocycles. The van der Waals surface area contributed by atoms with E-state index in [1.54, 1.807) is 12.1 Å². The van der Waals surface area contributed by atoms with E-state index in [-0.39, 0.29) is 18.2 Å². The minimum Gasteiger partial charge on any atom is -0.491 e. The van der Waals surface area contributed by atoms with E-state index in [4.69, 9.17) is 14.2 Å². The number of pyridine rings is 1. The van der Waals surface area contributed by atoms with E-state index < -0.39 is 5.92 Å². The molecule has 2 aromatic heterocycles. The molecule has 1 atom stereocenters. The van der Waals surface area contributed by atoms with Crippen molar-refractivity contribution < 1.29 is 23.8 Å². The van der Waals surface area contributed by atoms with Crippen molar-refractivity contribution in [2.24, 2.45) is 5.92 Å². The van der Waals surface area contributed by atoms with Crippen LogP contribution in [-0.4, -0.2) is 38.1 Å². The van der Waals surface area contributed by atoms with E-state index in [2.05, 4.69) is 4.98 Å². The Labute approximate surface area is 138 Å². The third-order valence-corrected chi connectivity index (χ3v) is 4.69. The minimum absolute atomic E-state index is 0.0943. The molecule has 0 bridgehead atoms. The normalized spacial score (nSPS) is 12.0. The molecular weight excluding hydrogens is 318 g/mol. The zero-order valence-corrected chi connectivity index (χ0v) is 14.4. The van der Waals surface area contributed by atoms with Crippen molar-refractivity contribution in [1.82, 2.24) is 4.98 Å². The zero-order valence-electron chi connectivity index (χ0n) is 13.5. The predicted octanol–water partition coefficient (Wildman–Crippen LogP) is 3.09. The Morgan fingerprint density at radius 1 is 1.22 bits per heavy atom. The van der Waals surface area contributed by atoms with E-state index in [1.165, 1.54) is 32.7 Å². The summed E-state index contributed by atoms with van der Waals surface area (Å²) in [6, 6.07) is 3.51. The second kappa shape index (κ2) is 7.41. The average molecular weight is 337 g/mol. The number of carbonyl (C=O) groups excluding carboxylic acids is 2. The fourth-order valence-corrected chi connectivity index (χ4v) is 3.23. The number of nitrogens with zero attached hydrogens (tertiary/aromatic N) is 1. The fourth-order valence-electron chi connectivity index (χ4n) is 2.25. The van der Waals surface area contributed by atoms with Gasteiger partial charge in [0.25, 0.3) is 5.88 Å². The van der Waals surface area contributed by atoms with E-state index in [0.29, 0.717) is 28.4 Å². The smallest absolute Gasteiger partial charge is 0.309 e. The molecule has 0 spiro atoms.